The van der Waals surface area contributed by atoms with Crippen molar-refractivity contribution >= 4 is 62.8 Å². The summed E-state index contributed by atoms with van der Waals surface area (Å²) in [6.45, 7) is 0.0303. The Morgan fingerprint density at radius 1 is 0.386 bits per heavy atom. The van der Waals surface area contributed by atoms with Gasteiger partial charge in [-0.3, -0.25) is 0 Å². The van der Waals surface area contributed by atoms with Crippen LogP contribution in [-0.4, -0.2) is 6.71 Å². The fourth-order valence-electron chi connectivity index (χ4n) is 11.3. The van der Waals surface area contributed by atoms with E-state index in [0.717, 1.165) is 42.0 Å². The summed E-state index contributed by atoms with van der Waals surface area (Å²) in [4.78, 5) is 5.12. The molecule has 3 heteroatoms. The minimum atomic E-state index is 0.0303. The van der Waals surface area contributed by atoms with Gasteiger partial charge in [-0.1, -0.05) is 224 Å². The number of allylic oxidation sites excluding steroid dienone is 4. The van der Waals surface area contributed by atoms with Gasteiger partial charge in [-0.25, -0.2) is 0 Å². The quantitative estimate of drug-likeness (QED) is 0.133. The number of rotatable bonds is 9. The fraction of sp³-hybridized carbons (Fsp3) is 0.0448. The summed E-state index contributed by atoms with van der Waals surface area (Å²) in [5.74, 6) is 0. The first-order chi connectivity index (χ1) is 34.7. The number of benzene rings is 10. The van der Waals surface area contributed by atoms with Gasteiger partial charge in [-0.05, 0) is 128 Å². The minimum absolute atomic E-state index is 0.0303. The topological polar surface area (TPSA) is 6.48 Å². The molecule has 2 nitrogen and oxygen atoms in total. The first-order valence-corrected chi connectivity index (χ1v) is 24.6. The summed E-state index contributed by atoms with van der Waals surface area (Å²) >= 11 is 0. The Hall–Kier alpha value is -8.66. The monoisotopic (exact) mass is 892 g/mol. The summed E-state index contributed by atoms with van der Waals surface area (Å²) in [7, 11) is 0. The molecule has 0 bridgehead atoms. The van der Waals surface area contributed by atoms with Gasteiger partial charge < -0.3 is 9.80 Å². The van der Waals surface area contributed by atoms with Crippen LogP contribution >= 0.6 is 0 Å². The Bertz CT molecular complexity index is 3550. The van der Waals surface area contributed by atoms with E-state index in [4.69, 9.17) is 0 Å². The second-order valence-electron chi connectivity index (χ2n) is 18.7. The molecule has 0 radical (unpaired) electrons. The van der Waals surface area contributed by atoms with Crippen molar-refractivity contribution in [1.82, 2.24) is 0 Å². The van der Waals surface area contributed by atoms with Gasteiger partial charge in [0.25, 0.3) is 0 Å². The number of hydrogen-bond donors (Lipinski definition) is 0. The number of hydrogen-bond acceptors (Lipinski definition) is 2. The maximum atomic E-state index is 2.59. The number of anilines is 6. The van der Waals surface area contributed by atoms with Crippen LogP contribution in [0.5, 0.6) is 0 Å². The van der Waals surface area contributed by atoms with E-state index in [1.54, 1.807) is 0 Å². The molecule has 13 rings (SSSR count). The van der Waals surface area contributed by atoms with Gasteiger partial charge in [0.15, 0.2) is 0 Å². The average Bonchev–Trinajstić information content (AvgIpc) is 3.44. The molecule has 0 unspecified atom stereocenters. The molecule has 0 N–H and O–H groups in total. The van der Waals surface area contributed by atoms with Crippen molar-refractivity contribution in [1.29, 1.82) is 0 Å². The zero-order chi connectivity index (χ0) is 46.4. The lowest BCUT2D eigenvalue weighted by molar-refractivity contribution is 1.04. The molecule has 0 saturated heterocycles. The van der Waals surface area contributed by atoms with Gasteiger partial charge >= 0.3 is 0 Å². The molecular formula is C67H49BN2. The number of para-hydroxylation sites is 2. The van der Waals surface area contributed by atoms with E-state index in [0.29, 0.717) is 0 Å². The molecule has 3 aliphatic rings. The van der Waals surface area contributed by atoms with Crippen LogP contribution in [0.4, 0.5) is 34.1 Å². The summed E-state index contributed by atoms with van der Waals surface area (Å²) in [5, 5.41) is 0. The molecule has 0 amide bonds. The van der Waals surface area contributed by atoms with E-state index < -0.39 is 0 Å². The Kier molecular flexibility index (Phi) is 10.5. The highest BCUT2D eigenvalue weighted by molar-refractivity contribution is 6.99. The molecular weight excluding hydrogens is 844 g/mol. The van der Waals surface area contributed by atoms with Crippen LogP contribution in [0, 0.1) is 0 Å². The van der Waals surface area contributed by atoms with E-state index in [-0.39, 0.29) is 6.71 Å². The third-order valence-electron chi connectivity index (χ3n) is 14.5. The summed E-state index contributed by atoms with van der Waals surface area (Å²) in [6, 6.07) is 89.9. The average molecular weight is 893 g/mol. The Labute approximate surface area is 411 Å². The standard InChI is InChI=1S/C67H49BN2/c1-6-21-47(22-7-1)52-31-20-32-57(43-52)69-65-45-54(49-25-10-3-11-26-49)38-40-62(65)68-61-39-37-53(48-23-8-2-9-24-48)41-55(61)42-56-44-58(46-66(69)67(56)68)70(63-35-18-16-33-59(63)50-27-12-4-13-28-50)64-36-19-17-34-60(64)51-29-14-5-15-30-51/h1-2,4-10,12-41,43-46H,3,11,42H2. The zero-order valence-corrected chi connectivity index (χ0v) is 38.9. The third-order valence-corrected chi connectivity index (χ3v) is 14.5. The van der Waals surface area contributed by atoms with Crippen LogP contribution in [0.25, 0.3) is 50.1 Å². The summed E-state index contributed by atoms with van der Waals surface area (Å²) in [6.07, 6.45) is 9.97. The first kappa shape index (κ1) is 41.5. The molecule has 2 aliphatic heterocycles. The van der Waals surface area contributed by atoms with Gasteiger partial charge in [0, 0.05) is 33.9 Å². The highest BCUT2D eigenvalue weighted by Gasteiger charge is 2.41. The molecule has 70 heavy (non-hydrogen) atoms. The van der Waals surface area contributed by atoms with Crippen LogP contribution in [0.3, 0.4) is 0 Å². The maximum Gasteiger partial charge on any atom is 0.247 e. The molecule has 2 heterocycles. The van der Waals surface area contributed by atoms with E-state index in [1.165, 1.54) is 94.5 Å². The largest absolute Gasteiger partial charge is 0.311 e. The highest BCUT2D eigenvalue weighted by atomic mass is 15.2. The third kappa shape index (κ3) is 7.39. The molecule has 1 aliphatic carbocycles. The second-order valence-corrected chi connectivity index (χ2v) is 18.7. The molecule has 0 aromatic heterocycles. The van der Waals surface area contributed by atoms with E-state index in [1.807, 2.05) is 0 Å². The van der Waals surface area contributed by atoms with E-state index in [2.05, 4.69) is 271 Å². The Morgan fingerprint density at radius 2 is 0.943 bits per heavy atom. The predicted octanol–water partition coefficient (Wildman–Crippen LogP) is 15.8. The fourth-order valence-corrected chi connectivity index (χ4v) is 11.3. The molecule has 0 saturated carbocycles. The molecule has 10 aromatic rings. The molecule has 10 aromatic carbocycles. The van der Waals surface area contributed by atoms with Gasteiger partial charge in [0.05, 0.1) is 11.4 Å². The van der Waals surface area contributed by atoms with Crippen molar-refractivity contribution in [3.8, 4) is 44.5 Å². The van der Waals surface area contributed by atoms with Crippen molar-refractivity contribution in [2.75, 3.05) is 9.80 Å². The Morgan fingerprint density at radius 3 is 1.57 bits per heavy atom. The molecule has 330 valence electrons. The summed E-state index contributed by atoms with van der Waals surface area (Å²) < 4.78 is 0. The Balaban J connectivity index is 1.12. The van der Waals surface area contributed by atoms with Gasteiger partial charge in [0.1, 0.15) is 0 Å². The summed E-state index contributed by atoms with van der Waals surface area (Å²) in [5.41, 5.74) is 25.8. The SMILES string of the molecule is C1=CC(c2ccc3c(c2)N(c2cccc(-c4ccccc4)c2)c2cc(N(c4ccccc4-c4ccccc4)c4ccccc4-c4ccccc4)cc4c2B3c2ccc(-c3ccccc3)cc2C4)=CCC1. The van der Waals surface area contributed by atoms with Crippen molar-refractivity contribution in [3.63, 3.8) is 0 Å². The maximum absolute atomic E-state index is 2.59. The van der Waals surface area contributed by atoms with Gasteiger partial charge in [0.2, 0.25) is 6.71 Å². The number of fused-ring (bicyclic) bond motifs is 4. The highest BCUT2D eigenvalue weighted by Crippen LogP contribution is 2.48. The lowest BCUT2D eigenvalue weighted by Gasteiger charge is -2.42. The lowest BCUT2D eigenvalue weighted by atomic mass is 9.32. The van der Waals surface area contributed by atoms with Crippen LogP contribution < -0.4 is 26.2 Å². The van der Waals surface area contributed by atoms with Crippen LogP contribution in [0.15, 0.2) is 261 Å². The van der Waals surface area contributed by atoms with Gasteiger partial charge in [-0.2, -0.15) is 0 Å². The lowest BCUT2D eigenvalue weighted by Crippen LogP contribution is -2.61. The van der Waals surface area contributed by atoms with Crippen molar-refractivity contribution < 1.29 is 0 Å². The van der Waals surface area contributed by atoms with Crippen molar-refractivity contribution in [2.45, 2.75) is 19.3 Å². The molecule has 0 spiro atoms. The minimum Gasteiger partial charge on any atom is -0.311 e. The molecule has 0 fully saturated rings. The zero-order valence-electron chi connectivity index (χ0n) is 38.9. The number of nitrogens with zero attached hydrogens (tertiary/aromatic N) is 2. The van der Waals surface area contributed by atoms with Gasteiger partial charge in [-0.15, -0.1) is 0 Å². The van der Waals surface area contributed by atoms with Crippen LogP contribution in [0.2, 0.25) is 0 Å². The predicted molar refractivity (Wildman–Crippen MR) is 298 cm³/mol. The first-order valence-electron chi connectivity index (χ1n) is 24.6. The molecule has 0 atom stereocenters. The van der Waals surface area contributed by atoms with E-state index >= 15 is 0 Å². The smallest absolute Gasteiger partial charge is 0.247 e. The van der Waals surface area contributed by atoms with Crippen molar-refractivity contribution in [3.05, 3.63) is 278 Å². The van der Waals surface area contributed by atoms with Crippen LogP contribution in [-0.2, 0) is 6.42 Å². The van der Waals surface area contributed by atoms with E-state index in [9.17, 15) is 0 Å². The normalized spacial score (nSPS) is 13.2. The van der Waals surface area contributed by atoms with Crippen molar-refractivity contribution in [2.24, 2.45) is 0 Å². The van der Waals surface area contributed by atoms with Crippen LogP contribution in [0.1, 0.15) is 29.5 Å². The second kappa shape index (κ2) is 17.8.